The summed E-state index contributed by atoms with van der Waals surface area (Å²) in [6.45, 7) is -0.241. The molecule has 0 radical (unpaired) electrons. The van der Waals surface area contributed by atoms with E-state index in [0.717, 1.165) is 33.1 Å². The highest BCUT2D eigenvalue weighted by atomic mass is 79.9. The second kappa shape index (κ2) is 11.2. The van der Waals surface area contributed by atoms with Gasteiger partial charge in [0.05, 0.1) is 10.5 Å². The molecule has 3 aromatic carbocycles. The molecule has 4 rings (SSSR count). The lowest BCUT2D eigenvalue weighted by atomic mass is 10.2. The highest BCUT2D eigenvalue weighted by Crippen LogP contribution is 2.33. The van der Waals surface area contributed by atoms with Gasteiger partial charge in [0, 0.05) is 10.2 Å². The third kappa shape index (κ3) is 7.01. The van der Waals surface area contributed by atoms with Crippen molar-refractivity contribution >= 4 is 56.5 Å². The zero-order valence-electron chi connectivity index (χ0n) is 18.9. The van der Waals surface area contributed by atoms with E-state index in [1.807, 2.05) is 24.3 Å². The fourth-order valence-electron chi connectivity index (χ4n) is 3.31. The summed E-state index contributed by atoms with van der Waals surface area (Å²) in [6, 6.07) is 18.7. The summed E-state index contributed by atoms with van der Waals surface area (Å²) in [5.74, 6) is -0.834. The molecular formula is C26H18BrF3N2O4S. The Labute approximate surface area is 222 Å². The molecule has 1 aliphatic heterocycles. The second-order valence-electron chi connectivity index (χ2n) is 7.88. The largest absolute Gasteiger partial charge is 0.489 e. The van der Waals surface area contributed by atoms with Crippen molar-refractivity contribution in [1.82, 2.24) is 4.90 Å². The van der Waals surface area contributed by atoms with Crippen molar-refractivity contribution in [2.75, 3.05) is 11.9 Å². The van der Waals surface area contributed by atoms with Gasteiger partial charge in [-0.3, -0.25) is 19.3 Å². The van der Waals surface area contributed by atoms with Gasteiger partial charge in [-0.15, -0.1) is 0 Å². The van der Waals surface area contributed by atoms with Gasteiger partial charge in [0.15, 0.2) is 0 Å². The number of carbonyl (C=O) groups excluding carboxylic acids is 3. The molecule has 190 valence electrons. The molecular weight excluding hydrogens is 573 g/mol. The number of benzene rings is 3. The van der Waals surface area contributed by atoms with E-state index in [1.165, 1.54) is 12.1 Å². The monoisotopic (exact) mass is 590 g/mol. The van der Waals surface area contributed by atoms with Crippen LogP contribution in [0.4, 0.5) is 23.7 Å². The molecule has 3 amide bonds. The Bertz CT molecular complexity index is 1360. The van der Waals surface area contributed by atoms with Gasteiger partial charge in [-0.25, -0.2) is 0 Å². The van der Waals surface area contributed by atoms with Gasteiger partial charge in [-0.2, -0.15) is 13.2 Å². The van der Waals surface area contributed by atoms with Gasteiger partial charge in [0.2, 0.25) is 5.91 Å². The van der Waals surface area contributed by atoms with Crippen molar-refractivity contribution in [2.45, 2.75) is 12.8 Å². The van der Waals surface area contributed by atoms with Gasteiger partial charge < -0.3 is 10.1 Å². The van der Waals surface area contributed by atoms with Crippen LogP contribution in [0.5, 0.6) is 5.75 Å². The molecule has 0 saturated carbocycles. The van der Waals surface area contributed by atoms with E-state index in [1.54, 1.807) is 24.3 Å². The third-order valence-electron chi connectivity index (χ3n) is 5.15. The van der Waals surface area contributed by atoms with Crippen molar-refractivity contribution in [1.29, 1.82) is 0 Å². The number of hydrogen-bond donors (Lipinski definition) is 1. The molecule has 0 spiro atoms. The third-order valence-corrected chi connectivity index (χ3v) is 6.58. The summed E-state index contributed by atoms with van der Waals surface area (Å²) < 4.78 is 45.3. The number of hydrogen-bond acceptors (Lipinski definition) is 5. The number of ether oxygens (including phenoxy) is 1. The summed E-state index contributed by atoms with van der Waals surface area (Å²) in [5.41, 5.74) is 0.627. The number of imide groups is 1. The number of nitrogens with one attached hydrogen (secondary N) is 1. The zero-order chi connectivity index (χ0) is 26.6. The number of halogens is 4. The van der Waals surface area contributed by atoms with Crippen LogP contribution in [0.25, 0.3) is 6.08 Å². The number of anilines is 1. The quantitative estimate of drug-likeness (QED) is 0.309. The molecule has 37 heavy (non-hydrogen) atoms. The van der Waals surface area contributed by atoms with Gasteiger partial charge in [0.1, 0.15) is 18.9 Å². The average Bonchev–Trinajstić information content (AvgIpc) is 3.11. The predicted octanol–water partition coefficient (Wildman–Crippen LogP) is 6.72. The number of amides is 3. The first-order chi connectivity index (χ1) is 17.6. The van der Waals surface area contributed by atoms with Crippen LogP contribution in [0.15, 0.2) is 82.2 Å². The molecule has 1 fully saturated rings. The zero-order valence-corrected chi connectivity index (χ0v) is 21.3. The number of carbonyl (C=O) groups is 3. The Kier molecular flexibility index (Phi) is 8.03. The van der Waals surface area contributed by atoms with Crippen molar-refractivity contribution in [2.24, 2.45) is 0 Å². The highest BCUT2D eigenvalue weighted by Gasteiger charge is 2.36. The van der Waals surface area contributed by atoms with E-state index in [0.29, 0.717) is 29.7 Å². The molecule has 0 aliphatic carbocycles. The Hall–Kier alpha value is -3.57. The van der Waals surface area contributed by atoms with Crippen LogP contribution >= 0.6 is 27.7 Å². The van der Waals surface area contributed by atoms with Gasteiger partial charge >= 0.3 is 6.18 Å². The first kappa shape index (κ1) is 26.5. The first-order valence-electron chi connectivity index (χ1n) is 10.8. The van der Waals surface area contributed by atoms with Gasteiger partial charge in [-0.1, -0.05) is 46.3 Å². The number of alkyl halides is 3. The smallest absolute Gasteiger partial charge is 0.416 e. The highest BCUT2D eigenvalue weighted by molar-refractivity contribution is 9.10. The van der Waals surface area contributed by atoms with E-state index in [2.05, 4.69) is 21.2 Å². The minimum atomic E-state index is -4.57. The molecule has 0 atom stereocenters. The molecule has 0 bridgehead atoms. The van der Waals surface area contributed by atoms with Gasteiger partial charge in [0.25, 0.3) is 11.1 Å². The maximum Gasteiger partial charge on any atom is 0.416 e. The standard InChI is InChI=1S/C26H18BrF3N2O4S/c27-19-8-4-17(5-9-19)15-36-21-10-6-16(7-11-21)12-22-24(34)32(25(35)37-22)14-23(33)31-20-3-1-2-18(13-20)26(28,29)30/h1-13H,14-15H2,(H,31,33)/b22-12-. The summed E-state index contributed by atoms with van der Waals surface area (Å²) in [5, 5.41) is 1.64. The van der Waals surface area contributed by atoms with Crippen molar-refractivity contribution in [3.05, 3.63) is 98.9 Å². The van der Waals surface area contributed by atoms with Crippen LogP contribution in [0.1, 0.15) is 16.7 Å². The summed E-state index contributed by atoms with van der Waals surface area (Å²) >= 11 is 4.06. The van der Waals surface area contributed by atoms with Crippen LogP contribution in [0.3, 0.4) is 0 Å². The molecule has 11 heteroatoms. The Morgan fingerprint density at radius 3 is 2.41 bits per heavy atom. The average molecular weight is 591 g/mol. The normalized spacial score (nSPS) is 14.8. The fraction of sp³-hybridized carbons (Fsp3) is 0.115. The van der Waals surface area contributed by atoms with Crippen molar-refractivity contribution in [3.8, 4) is 5.75 Å². The molecule has 0 aromatic heterocycles. The van der Waals surface area contributed by atoms with Gasteiger partial charge in [-0.05, 0) is 71.4 Å². The second-order valence-corrected chi connectivity index (χ2v) is 9.79. The van der Waals surface area contributed by atoms with E-state index in [-0.39, 0.29) is 10.6 Å². The maximum atomic E-state index is 12.9. The molecule has 1 N–H and O–H groups in total. The summed E-state index contributed by atoms with van der Waals surface area (Å²) in [4.78, 5) is 38.2. The maximum absolute atomic E-state index is 12.9. The lowest BCUT2D eigenvalue weighted by Gasteiger charge is -2.13. The number of nitrogens with zero attached hydrogens (tertiary/aromatic N) is 1. The fourth-order valence-corrected chi connectivity index (χ4v) is 4.42. The van der Waals surface area contributed by atoms with E-state index < -0.39 is 35.3 Å². The Morgan fingerprint density at radius 1 is 1.03 bits per heavy atom. The van der Waals surface area contributed by atoms with Crippen molar-refractivity contribution in [3.63, 3.8) is 0 Å². The van der Waals surface area contributed by atoms with Crippen LogP contribution < -0.4 is 10.1 Å². The van der Waals surface area contributed by atoms with E-state index in [9.17, 15) is 27.6 Å². The predicted molar refractivity (Wildman–Crippen MR) is 138 cm³/mol. The van der Waals surface area contributed by atoms with Crippen LogP contribution in [0.2, 0.25) is 0 Å². The lowest BCUT2D eigenvalue weighted by Crippen LogP contribution is -2.36. The minimum Gasteiger partial charge on any atom is -0.489 e. The lowest BCUT2D eigenvalue weighted by molar-refractivity contribution is -0.137. The van der Waals surface area contributed by atoms with Crippen molar-refractivity contribution < 1.29 is 32.3 Å². The molecule has 3 aromatic rings. The SMILES string of the molecule is O=C(CN1C(=O)S/C(=C\c2ccc(OCc3ccc(Br)cc3)cc2)C1=O)Nc1cccc(C(F)(F)F)c1. The Morgan fingerprint density at radius 2 is 1.73 bits per heavy atom. The van der Waals surface area contributed by atoms with Crippen LogP contribution in [-0.4, -0.2) is 28.5 Å². The number of thioether (sulfide) groups is 1. The van der Waals surface area contributed by atoms with E-state index >= 15 is 0 Å². The molecule has 1 aliphatic rings. The van der Waals surface area contributed by atoms with Crippen LogP contribution in [-0.2, 0) is 22.4 Å². The summed E-state index contributed by atoms with van der Waals surface area (Å²) in [7, 11) is 0. The topological polar surface area (TPSA) is 75.7 Å². The molecule has 6 nitrogen and oxygen atoms in total. The van der Waals surface area contributed by atoms with E-state index in [4.69, 9.17) is 4.74 Å². The molecule has 1 heterocycles. The summed E-state index contributed by atoms with van der Waals surface area (Å²) in [6.07, 6.45) is -3.05. The first-order valence-corrected chi connectivity index (χ1v) is 12.4. The molecule has 1 saturated heterocycles. The molecule has 0 unspecified atom stereocenters. The van der Waals surface area contributed by atoms with Crippen LogP contribution in [0, 0.1) is 0 Å². The minimum absolute atomic E-state index is 0.0928. The Balaban J connectivity index is 1.35. The number of rotatable bonds is 7.